The fourth-order valence-corrected chi connectivity index (χ4v) is 4.69. The van der Waals surface area contributed by atoms with Gasteiger partial charge < -0.3 is 46.8 Å². The molecule has 2 saturated heterocycles. The van der Waals surface area contributed by atoms with Crippen LogP contribution in [0.4, 0.5) is 16.2 Å². The number of methoxy groups -OCH3 is 1. The molecule has 0 spiro atoms. The van der Waals surface area contributed by atoms with E-state index in [0.717, 1.165) is 0 Å². The summed E-state index contributed by atoms with van der Waals surface area (Å²) in [5.74, 6) is -0.783. The number of phenolic OH excluding ortho intramolecular Hbond substituents is 2. The van der Waals surface area contributed by atoms with E-state index in [0.29, 0.717) is 23.4 Å². The molecule has 1 aromatic carbocycles. The van der Waals surface area contributed by atoms with Crippen LogP contribution >= 0.6 is 0 Å². The van der Waals surface area contributed by atoms with E-state index in [9.17, 15) is 15.3 Å². The number of primary amides is 1. The number of aromatic hydroxyl groups is 2. The van der Waals surface area contributed by atoms with Gasteiger partial charge in [-0.25, -0.2) is 9.79 Å². The number of aliphatic hydroxyl groups is 1. The van der Waals surface area contributed by atoms with Gasteiger partial charge in [0.05, 0.1) is 24.3 Å². The van der Waals surface area contributed by atoms with Gasteiger partial charge in [0, 0.05) is 30.8 Å². The second kappa shape index (κ2) is 7.04. The van der Waals surface area contributed by atoms with Gasteiger partial charge in [0.25, 0.3) is 5.96 Å². The average molecular weight is 434 g/mol. The number of guanidine groups is 2. The molecule has 4 heterocycles. The zero-order chi connectivity index (χ0) is 22.7. The molecule has 0 aromatic heterocycles. The van der Waals surface area contributed by atoms with Crippen LogP contribution in [-0.4, -0.2) is 76.5 Å². The predicted molar refractivity (Wildman–Crippen MR) is 108 cm³/mol. The van der Waals surface area contributed by atoms with E-state index in [4.69, 9.17) is 20.4 Å². The number of phenols is 2. The van der Waals surface area contributed by atoms with Crippen molar-refractivity contribution in [2.75, 3.05) is 25.2 Å². The van der Waals surface area contributed by atoms with Gasteiger partial charge in [-0.05, 0) is 6.92 Å². The van der Waals surface area contributed by atoms with Crippen molar-refractivity contribution in [3.8, 4) is 11.5 Å². The SMILES string of the molecule is COC12C(CO)c3c(O)c(N=C4N=NC(N)=N4)c(C)c(O)c3N1CC1NC12.NC(=O)O. The first-order valence-corrected chi connectivity index (χ1v) is 9.28. The molecule has 5 rings (SSSR count). The molecule has 1 aromatic rings. The Balaban J connectivity index is 0.000000535. The minimum Gasteiger partial charge on any atom is -0.505 e. The van der Waals surface area contributed by atoms with Crippen molar-refractivity contribution in [1.29, 1.82) is 0 Å². The van der Waals surface area contributed by atoms with E-state index in [-0.39, 0.29) is 47.8 Å². The molecule has 2 fully saturated rings. The number of nitrogens with zero attached hydrogens (tertiary/aromatic N) is 5. The zero-order valence-corrected chi connectivity index (χ0v) is 16.6. The van der Waals surface area contributed by atoms with Crippen LogP contribution in [0.5, 0.6) is 11.5 Å². The summed E-state index contributed by atoms with van der Waals surface area (Å²) in [6, 6.07) is 0.235. The first kappa shape index (κ1) is 20.8. The third kappa shape index (κ3) is 2.87. The van der Waals surface area contributed by atoms with E-state index in [2.05, 4.69) is 31.3 Å². The number of nitrogens with one attached hydrogen (secondary N) is 1. The highest BCUT2D eigenvalue weighted by atomic mass is 16.5. The highest BCUT2D eigenvalue weighted by Gasteiger charge is 2.71. The normalized spacial score (nSPS) is 30.4. The lowest BCUT2D eigenvalue weighted by atomic mass is 9.88. The molecule has 9 N–H and O–H groups in total. The lowest BCUT2D eigenvalue weighted by molar-refractivity contribution is -0.0324. The van der Waals surface area contributed by atoms with Gasteiger partial charge in [-0.1, -0.05) is 0 Å². The van der Waals surface area contributed by atoms with Crippen molar-refractivity contribution in [2.45, 2.75) is 30.7 Å². The molecule has 14 heteroatoms. The number of anilines is 1. The molecular weight excluding hydrogens is 412 g/mol. The Hall–Kier alpha value is -3.49. The minimum atomic E-state index is -1.33. The molecule has 0 radical (unpaired) electrons. The summed E-state index contributed by atoms with van der Waals surface area (Å²) in [6.45, 7) is 1.99. The lowest BCUT2D eigenvalue weighted by Crippen LogP contribution is -2.54. The average Bonchev–Trinajstić information content (AvgIpc) is 3.11. The lowest BCUT2D eigenvalue weighted by Gasteiger charge is -2.38. The van der Waals surface area contributed by atoms with Crippen LogP contribution in [-0.2, 0) is 4.74 Å². The van der Waals surface area contributed by atoms with E-state index in [1.54, 1.807) is 14.0 Å². The number of fused-ring (bicyclic) bond motifs is 5. The number of piperazine rings is 1. The van der Waals surface area contributed by atoms with Crippen LogP contribution in [0.3, 0.4) is 0 Å². The van der Waals surface area contributed by atoms with Gasteiger partial charge in [-0.3, -0.25) is 0 Å². The van der Waals surface area contributed by atoms with Gasteiger partial charge >= 0.3 is 6.09 Å². The van der Waals surface area contributed by atoms with Crippen LogP contribution in [0, 0.1) is 6.92 Å². The Morgan fingerprint density at radius 3 is 2.61 bits per heavy atom. The Morgan fingerprint density at radius 1 is 1.39 bits per heavy atom. The number of hydrogen-bond donors (Lipinski definition) is 7. The smallest absolute Gasteiger partial charge is 0.402 e. The van der Waals surface area contributed by atoms with Crippen molar-refractivity contribution >= 4 is 29.4 Å². The molecule has 31 heavy (non-hydrogen) atoms. The van der Waals surface area contributed by atoms with Gasteiger partial charge in [-0.15, -0.1) is 10.2 Å². The van der Waals surface area contributed by atoms with E-state index >= 15 is 0 Å². The number of azo groups is 1. The van der Waals surface area contributed by atoms with Crippen molar-refractivity contribution in [2.24, 2.45) is 31.7 Å². The molecule has 166 valence electrons. The number of hydrogen-bond acceptors (Lipinski definition) is 10. The van der Waals surface area contributed by atoms with Crippen molar-refractivity contribution in [3.63, 3.8) is 0 Å². The molecule has 14 nitrogen and oxygen atoms in total. The number of rotatable bonds is 3. The summed E-state index contributed by atoms with van der Waals surface area (Å²) in [5, 5.41) is 49.9. The molecule has 4 aliphatic heterocycles. The largest absolute Gasteiger partial charge is 0.505 e. The molecule has 4 aliphatic rings. The molecule has 1 amide bonds. The maximum absolute atomic E-state index is 11.0. The fourth-order valence-electron chi connectivity index (χ4n) is 4.69. The summed E-state index contributed by atoms with van der Waals surface area (Å²) >= 11 is 0. The third-order valence-corrected chi connectivity index (χ3v) is 5.90. The number of nitrogens with two attached hydrogens (primary N) is 2. The topological polar surface area (TPSA) is 234 Å². The van der Waals surface area contributed by atoms with Crippen LogP contribution in [0.15, 0.2) is 20.2 Å². The molecular formula is C17H22N8O6. The summed E-state index contributed by atoms with van der Waals surface area (Å²) in [5.41, 5.74) is 9.99. The van der Waals surface area contributed by atoms with Crippen LogP contribution in [0.25, 0.3) is 0 Å². The molecule has 4 atom stereocenters. The number of carboxylic acid groups (broad SMARTS) is 1. The highest BCUT2D eigenvalue weighted by molar-refractivity contribution is 6.00. The van der Waals surface area contributed by atoms with Gasteiger partial charge in [0.15, 0.2) is 5.72 Å². The fraction of sp³-hybridized carbons (Fsp3) is 0.471. The number of aliphatic imine (C=N–C) groups is 2. The standard InChI is InChI=1S/C16H19N7O4.CH3NO2/c1-5-9(19-15-20-14(17)21-22-15)12(26)8-6(4-24)16(27-2)13-7(18-13)3-23(16)10(8)11(5)25;2-1(3)4/h6-7,13,18,24-26H,3-4H2,1-2H3,(H2,17,19,20);2H2,(H,3,4). The van der Waals surface area contributed by atoms with Crippen molar-refractivity contribution in [1.82, 2.24) is 5.32 Å². The molecule has 0 aliphatic carbocycles. The van der Waals surface area contributed by atoms with E-state index in [1.165, 1.54) is 0 Å². The van der Waals surface area contributed by atoms with Gasteiger partial charge in [-0.2, -0.15) is 4.99 Å². The summed E-state index contributed by atoms with van der Waals surface area (Å²) < 4.78 is 5.87. The predicted octanol–water partition coefficient (Wildman–Crippen LogP) is -0.610. The number of benzene rings is 1. The summed E-state index contributed by atoms with van der Waals surface area (Å²) in [7, 11) is 1.57. The Kier molecular flexibility index (Phi) is 4.72. The summed E-state index contributed by atoms with van der Waals surface area (Å²) in [6.07, 6.45) is -1.33. The van der Waals surface area contributed by atoms with Crippen molar-refractivity contribution in [3.05, 3.63) is 11.1 Å². The highest BCUT2D eigenvalue weighted by Crippen LogP contribution is 2.63. The van der Waals surface area contributed by atoms with Crippen LogP contribution < -0.4 is 21.7 Å². The zero-order valence-electron chi connectivity index (χ0n) is 16.6. The molecule has 4 unspecified atom stereocenters. The Bertz CT molecular complexity index is 1050. The molecule has 0 bridgehead atoms. The van der Waals surface area contributed by atoms with Crippen LogP contribution in [0.2, 0.25) is 0 Å². The maximum Gasteiger partial charge on any atom is 0.402 e. The monoisotopic (exact) mass is 434 g/mol. The van der Waals surface area contributed by atoms with Gasteiger partial charge in [0.1, 0.15) is 17.2 Å². The number of amides is 1. The maximum atomic E-state index is 11.0. The van der Waals surface area contributed by atoms with E-state index in [1.807, 2.05) is 4.90 Å². The summed E-state index contributed by atoms with van der Waals surface area (Å²) in [4.78, 5) is 18.8. The van der Waals surface area contributed by atoms with Crippen LogP contribution in [0.1, 0.15) is 17.0 Å². The second-order valence-electron chi connectivity index (χ2n) is 7.41. The first-order chi connectivity index (χ1) is 14.7. The number of aliphatic hydroxyl groups excluding tert-OH is 1. The Labute approximate surface area is 175 Å². The third-order valence-electron chi connectivity index (χ3n) is 5.90. The minimum absolute atomic E-state index is 0.00829. The quantitative estimate of drug-likeness (QED) is 0.237. The van der Waals surface area contributed by atoms with Crippen molar-refractivity contribution < 1.29 is 30.0 Å². The number of carbonyl (C=O) groups is 1. The number of ether oxygens (including phenoxy) is 1. The van der Waals surface area contributed by atoms with E-state index < -0.39 is 17.7 Å². The Morgan fingerprint density at radius 2 is 2.06 bits per heavy atom. The second-order valence-corrected chi connectivity index (χ2v) is 7.41. The molecule has 0 saturated carbocycles. The first-order valence-electron chi connectivity index (χ1n) is 9.28. The van der Waals surface area contributed by atoms with Gasteiger partial charge in [0.2, 0.25) is 5.96 Å².